The van der Waals surface area contributed by atoms with Gasteiger partial charge < -0.3 is 10.6 Å². The van der Waals surface area contributed by atoms with Crippen LogP contribution in [0.1, 0.15) is 23.6 Å². The topological polar surface area (TPSA) is 71.1 Å². The molecule has 2 N–H and O–H groups in total. The fourth-order valence-corrected chi connectivity index (χ4v) is 3.82. The van der Waals surface area contributed by atoms with Crippen LogP contribution in [-0.4, -0.2) is 22.6 Å². The molecule has 0 aliphatic rings. The summed E-state index contributed by atoms with van der Waals surface area (Å²) < 4.78 is 0. The first-order chi connectivity index (χ1) is 13.3. The Morgan fingerprint density at radius 1 is 0.929 bits per heavy atom. The normalized spacial score (nSPS) is 10.7. The molecule has 3 rings (SSSR count). The predicted octanol–water partition coefficient (Wildman–Crippen LogP) is 4.85. The molecule has 144 valence electrons. The molecule has 2 amide bonds. The number of pyridine rings is 1. The zero-order valence-corrected chi connectivity index (χ0v) is 17.2. The summed E-state index contributed by atoms with van der Waals surface area (Å²) in [5.41, 5.74) is 5.80. The summed E-state index contributed by atoms with van der Waals surface area (Å²) in [6, 6.07) is 13.4. The first-order valence-electron chi connectivity index (χ1n) is 9.01. The van der Waals surface area contributed by atoms with Crippen LogP contribution < -0.4 is 10.6 Å². The van der Waals surface area contributed by atoms with Crippen LogP contribution in [0.2, 0.25) is 0 Å². The molecular formula is C22H23N3O2S. The fourth-order valence-electron chi connectivity index (χ4n) is 3.03. The number of nitrogens with zero attached hydrogens (tertiary/aromatic N) is 1. The lowest BCUT2D eigenvalue weighted by Gasteiger charge is -2.10. The number of nitrogens with one attached hydrogen (secondary N) is 2. The second-order valence-electron chi connectivity index (χ2n) is 6.85. The van der Waals surface area contributed by atoms with E-state index >= 15 is 0 Å². The number of hydrogen-bond acceptors (Lipinski definition) is 4. The van der Waals surface area contributed by atoms with Gasteiger partial charge in [-0.05, 0) is 73.9 Å². The van der Waals surface area contributed by atoms with Crippen molar-refractivity contribution in [2.75, 3.05) is 16.4 Å². The van der Waals surface area contributed by atoms with Crippen molar-refractivity contribution in [3.63, 3.8) is 0 Å². The molecule has 2 aromatic carbocycles. The van der Waals surface area contributed by atoms with Crippen LogP contribution in [0.4, 0.5) is 11.4 Å². The van der Waals surface area contributed by atoms with E-state index in [0.717, 1.165) is 21.5 Å². The maximum Gasteiger partial charge on any atom is 0.234 e. The van der Waals surface area contributed by atoms with E-state index in [9.17, 15) is 9.59 Å². The number of carbonyl (C=O) groups excluding carboxylic acids is 2. The number of benzene rings is 2. The van der Waals surface area contributed by atoms with Gasteiger partial charge in [0.25, 0.3) is 0 Å². The molecule has 5 nitrogen and oxygen atoms in total. The van der Waals surface area contributed by atoms with Gasteiger partial charge in [-0.3, -0.25) is 9.59 Å². The molecule has 3 aromatic rings. The summed E-state index contributed by atoms with van der Waals surface area (Å²) in [4.78, 5) is 28.1. The third-order valence-corrected chi connectivity index (χ3v) is 5.35. The van der Waals surface area contributed by atoms with Crippen molar-refractivity contribution >= 4 is 45.9 Å². The number of aromatic nitrogens is 1. The SMILES string of the molecule is CC(=O)Nc1ccc(NC(=O)CSc2nc3cc(C)cc(C)c3cc2C)cc1. The summed E-state index contributed by atoms with van der Waals surface area (Å²) in [6.45, 7) is 7.63. The van der Waals surface area contributed by atoms with E-state index in [4.69, 9.17) is 4.98 Å². The molecule has 0 atom stereocenters. The zero-order valence-electron chi connectivity index (χ0n) is 16.4. The van der Waals surface area contributed by atoms with Crippen LogP contribution >= 0.6 is 11.8 Å². The highest BCUT2D eigenvalue weighted by molar-refractivity contribution is 8.00. The highest BCUT2D eigenvalue weighted by Crippen LogP contribution is 2.27. The van der Waals surface area contributed by atoms with Crippen LogP contribution in [0.5, 0.6) is 0 Å². The molecule has 0 radical (unpaired) electrons. The van der Waals surface area contributed by atoms with Crippen molar-refractivity contribution in [1.82, 2.24) is 4.98 Å². The Bertz CT molecular complexity index is 1050. The average Bonchev–Trinajstić information content (AvgIpc) is 2.62. The third-order valence-electron chi connectivity index (χ3n) is 4.26. The number of thioether (sulfide) groups is 1. The van der Waals surface area contributed by atoms with Gasteiger partial charge in [-0.15, -0.1) is 0 Å². The van der Waals surface area contributed by atoms with Gasteiger partial charge in [0.05, 0.1) is 11.3 Å². The zero-order chi connectivity index (χ0) is 20.3. The second-order valence-corrected chi connectivity index (χ2v) is 7.82. The fraction of sp³-hybridized carbons (Fsp3) is 0.227. The Labute approximate surface area is 168 Å². The summed E-state index contributed by atoms with van der Waals surface area (Å²) in [7, 11) is 0. The Morgan fingerprint density at radius 3 is 2.21 bits per heavy atom. The first-order valence-corrected chi connectivity index (χ1v) is 9.99. The van der Waals surface area contributed by atoms with Gasteiger partial charge in [0.2, 0.25) is 11.8 Å². The van der Waals surface area contributed by atoms with Crippen LogP contribution in [0.15, 0.2) is 47.5 Å². The predicted molar refractivity (Wildman–Crippen MR) is 116 cm³/mol. The highest BCUT2D eigenvalue weighted by atomic mass is 32.2. The summed E-state index contributed by atoms with van der Waals surface area (Å²) >= 11 is 1.43. The molecule has 0 bridgehead atoms. The van der Waals surface area contributed by atoms with Crippen LogP contribution in [0.25, 0.3) is 10.9 Å². The van der Waals surface area contributed by atoms with Gasteiger partial charge in [0, 0.05) is 23.7 Å². The largest absolute Gasteiger partial charge is 0.326 e. The lowest BCUT2D eigenvalue weighted by molar-refractivity contribution is -0.114. The van der Waals surface area contributed by atoms with E-state index in [1.807, 2.05) is 6.92 Å². The first kappa shape index (κ1) is 19.9. The minimum absolute atomic E-state index is 0.0982. The quantitative estimate of drug-likeness (QED) is 0.608. The van der Waals surface area contributed by atoms with E-state index in [-0.39, 0.29) is 17.6 Å². The Balaban J connectivity index is 1.65. The summed E-state index contributed by atoms with van der Waals surface area (Å²) in [6.07, 6.45) is 0. The van der Waals surface area contributed by atoms with Crippen molar-refractivity contribution < 1.29 is 9.59 Å². The third kappa shape index (κ3) is 4.89. The maximum absolute atomic E-state index is 12.3. The molecule has 0 spiro atoms. The second kappa shape index (κ2) is 8.44. The monoisotopic (exact) mass is 393 g/mol. The van der Waals surface area contributed by atoms with Crippen LogP contribution in [0, 0.1) is 20.8 Å². The van der Waals surface area contributed by atoms with Crippen molar-refractivity contribution in [2.24, 2.45) is 0 Å². The molecule has 0 aliphatic carbocycles. The van der Waals surface area contributed by atoms with Crippen molar-refractivity contribution in [3.8, 4) is 0 Å². The number of aryl methyl sites for hydroxylation is 3. The molecule has 0 unspecified atom stereocenters. The molecule has 0 fully saturated rings. The maximum atomic E-state index is 12.3. The van der Waals surface area contributed by atoms with Gasteiger partial charge >= 0.3 is 0 Å². The highest BCUT2D eigenvalue weighted by Gasteiger charge is 2.10. The number of anilines is 2. The number of carbonyl (C=O) groups is 2. The number of fused-ring (bicyclic) bond motifs is 1. The van der Waals surface area contributed by atoms with E-state index in [0.29, 0.717) is 11.4 Å². The summed E-state index contributed by atoms with van der Waals surface area (Å²) in [5, 5.41) is 7.58. The molecule has 1 aromatic heterocycles. The van der Waals surface area contributed by atoms with Gasteiger partial charge in [-0.25, -0.2) is 4.98 Å². The minimum atomic E-state index is -0.128. The Kier molecular flexibility index (Phi) is 5.99. The van der Waals surface area contributed by atoms with Gasteiger partial charge in [0.15, 0.2) is 0 Å². The number of amides is 2. The lowest BCUT2D eigenvalue weighted by Crippen LogP contribution is -2.14. The van der Waals surface area contributed by atoms with Crippen molar-refractivity contribution in [1.29, 1.82) is 0 Å². The smallest absolute Gasteiger partial charge is 0.234 e. The van der Waals surface area contributed by atoms with Crippen LogP contribution in [0.3, 0.4) is 0 Å². The molecule has 0 saturated heterocycles. The van der Waals surface area contributed by atoms with Crippen LogP contribution in [-0.2, 0) is 9.59 Å². The van der Waals surface area contributed by atoms with E-state index in [1.54, 1.807) is 24.3 Å². The van der Waals surface area contributed by atoms with Gasteiger partial charge in [0.1, 0.15) is 5.03 Å². The molecule has 0 aliphatic heterocycles. The van der Waals surface area contributed by atoms with E-state index in [1.165, 1.54) is 29.8 Å². The Hall–Kier alpha value is -2.86. The number of hydrogen-bond donors (Lipinski definition) is 2. The molecule has 0 saturated carbocycles. The standard InChI is InChI=1S/C22H23N3O2S/c1-13-9-14(2)19-11-15(3)22(25-20(19)10-13)28-12-21(27)24-18-7-5-17(6-8-18)23-16(4)26/h5-11H,12H2,1-4H3,(H,23,26)(H,24,27). The lowest BCUT2D eigenvalue weighted by atomic mass is 10.1. The van der Waals surface area contributed by atoms with Crippen molar-refractivity contribution in [3.05, 3.63) is 59.2 Å². The average molecular weight is 394 g/mol. The minimum Gasteiger partial charge on any atom is -0.326 e. The van der Waals surface area contributed by atoms with Crippen molar-refractivity contribution in [2.45, 2.75) is 32.7 Å². The molecule has 6 heteroatoms. The van der Waals surface area contributed by atoms with Gasteiger partial charge in [-0.1, -0.05) is 17.8 Å². The van der Waals surface area contributed by atoms with E-state index < -0.39 is 0 Å². The molecule has 1 heterocycles. The summed E-state index contributed by atoms with van der Waals surface area (Å²) in [5.74, 6) is 0.0493. The van der Waals surface area contributed by atoms with Gasteiger partial charge in [-0.2, -0.15) is 0 Å². The molecule has 28 heavy (non-hydrogen) atoms. The Morgan fingerprint density at radius 2 is 1.57 bits per heavy atom. The number of rotatable bonds is 5. The van der Waals surface area contributed by atoms with E-state index in [2.05, 4.69) is 42.7 Å². The molecular weight excluding hydrogens is 370 g/mol.